The number of aldehydes is 1. The molecule has 21 heavy (non-hydrogen) atoms. The van der Waals surface area contributed by atoms with Gasteiger partial charge in [-0.25, -0.2) is 0 Å². The highest BCUT2D eigenvalue weighted by molar-refractivity contribution is 8.28. The lowest BCUT2D eigenvalue weighted by Gasteiger charge is -2.20. The average molecular weight is 306 g/mol. The Balaban J connectivity index is 2.10. The van der Waals surface area contributed by atoms with Gasteiger partial charge in [0.2, 0.25) is 0 Å². The molecule has 112 valence electrons. The van der Waals surface area contributed by atoms with E-state index in [9.17, 15) is 8.68 Å². The van der Waals surface area contributed by atoms with Crippen LogP contribution in [0.25, 0.3) is 0 Å². The summed E-state index contributed by atoms with van der Waals surface area (Å²) in [6.07, 6.45) is 4.03. The van der Waals surface area contributed by atoms with Crippen LogP contribution in [0.15, 0.2) is 47.4 Å². The summed E-state index contributed by atoms with van der Waals surface area (Å²) in [5.41, 5.74) is 2.41. The highest BCUT2D eigenvalue weighted by atomic mass is 32.3. The molecule has 0 unspecified atom stereocenters. The van der Waals surface area contributed by atoms with Crippen LogP contribution in [0.3, 0.4) is 0 Å². The van der Waals surface area contributed by atoms with Crippen LogP contribution in [0.5, 0.6) is 5.75 Å². The van der Waals surface area contributed by atoms with Crippen molar-refractivity contribution in [2.75, 3.05) is 12.5 Å². The molecule has 0 bridgehead atoms. The van der Waals surface area contributed by atoms with Gasteiger partial charge in [0.15, 0.2) is 6.29 Å². The number of hydrogen-bond acceptors (Lipinski definition) is 2. The van der Waals surface area contributed by atoms with E-state index in [2.05, 4.69) is 0 Å². The molecular weight excluding hydrogens is 287 g/mol. The number of carbonyl (C=O) groups is 1. The molecular formula is C17H19FO2S. The summed E-state index contributed by atoms with van der Waals surface area (Å²) in [6.45, 7) is 2.23. The van der Waals surface area contributed by atoms with Crippen molar-refractivity contribution in [3.05, 3.63) is 59.2 Å². The second kappa shape index (κ2) is 6.31. The maximum atomic E-state index is 13.9. The molecule has 0 atom stereocenters. The third kappa shape index (κ3) is 3.85. The van der Waals surface area contributed by atoms with Gasteiger partial charge in [-0.1, -0.05) is 34.7 Å². The van der Waals surface area contributed by atoms with Crippen LogP contribution in [0.4, 0.5) is 3.89 Å². The van der Waals surface area contributed by atoms with Gasteiger partial charge in [0.05, 0.1) is 5.56 Å². The minimum absolute atomic E-state index is 0.354. The summed E-state index contributed by atoms with van der Waals surface area (Å²) in [5.74, 6) is 0.575. The van der Waals surface area contributed by atoms with E-state index < -0.39 is 10.4 Å². The molecule has 0 N–H and O–H groups in total. The molecule has 0 radical (unpaired) electrons. The van der Waals surface area contributed by atoms with Crippen LogP contribution in [-0.2, 0) is 6.61 Å². The molecule has 0 spiro atoms. The molecule has 0 aliphatic carbocycles. The zero-order valence-corrected chi connectivity index (χ0v) is 13.2. The molecule has 0 aliphatic rings. The van der Waals surface area contributed by atoms with Crippen LogP contribution < -0.4 is 4.74 Å². The van der Waals surface area contributed by atoms with Gasteiger partial charge in [0.25, 0.3) is 0 Å². The lowest BCUT2D eigenvalue weighted by molar-refractivity contribution is 0.111. The second-order valence-electron chi connectivity index (χ2n) is 5.24. The summed E-state index contributed by atoms with van der Waals surface area (Å²) in [5, 5.41) is 0. The molecule has 2 aromatic rings. The van der Waals surface area contributed by atoms with Gasteiger partial charge in [-0.15, -0.1) is 0 Å². The highest BCUT2D eigenvalue weighted by Gasteiger charge is 2.12. The molecule has 0 aliphatic heterocycles. The lowest BCUT2D eigenvalue weighted by Crippen LogP contribution is -2.00. The van der Waals surface area contributed by atoms with E-state index in [0.29, 0.717) is 17.9 Å². The standard InChI is InChI=1S/C17H19FO2S/c1-13-5-4-6-17(16(13)11-19)20-12-14-7-9-15(10-8-14)21(2,3)18/h4-11H,12H2,1-3H3. The molecule has 2 rings (SSSR count). The van der Waals surface area contributed by atoms with Gasteiger partial charge in [-0.3, -0.25) is 4.79 Å². The topological polar surface area (TPSA) is 26.3 Å². The van der Waals surface area contributed by atoms with Gasteiger partial charge >= 0.3 is 0 Å². The highest BCUT2D eigenvalue weighted by Crippen LogP contribution is 2.50. The van der Waals surface area contributed by atoms with Crippen LogP contribution >= 0.6 is 10.4 Å². The molecule has 0 heterocycles. The predicted molar refractivity (Wildman–Crippen MR) is 86.2 cm³/mol. The Morgan fingerprint density at radius 1 is 1.14 bits per heavy atom. The largest absolute Gasteiger partial charge is 0.488 e. The first-order chi connectivity index (χ1) is 9.91. The number of ether oxygens (including phenoxy) is 1. The molecule has 0 saturated carbocycles. The van der Waals surface area contributed by atoms with E-state index in [1.807, 2.05) is 31.2 Å². The summed E-state index contributed by atoms with van der Waals surface area (Å²) in [6, 6.07) is 12.8. The van der Waals surface area contributed by atoms with E-state index in [-0.39, 0.29) is 0 Å². The maximum absolute atomic E-state index is 13.9. The number of hydrogen-bond donors (Lipinski definition) is 0. The van der Waals surface area contributed by atoms with Gasteiger partial charge in [0, 0.05) is 4.90 Å². The predicted octanol–water partition coefficient (Wildman–Crippen LogP) is 4.69. The Hall–Kier alpha value is -1.81. The number of rotatable bonds is 5. The number of benzene rings is 2. The van der Waals surface area contributed by atoms with Crippen molar-refractivity contribution in [3.8, 4) is 5.75 Å². The summed E-state index contributed by atoms with van der Waals surface area (Å²) < 4.78 is 19.6. The zero-order chi connectivity index (χ0) is 15.5. The van der Waals surface area contributed by atoms with Crippen molar-refractivity contribution in [2.45, 2.75) is 18.4 Å². The Labute approximate surface area is 126 Å². The quantitative estimate of drug-likeness (QED) is 0.749. The summed E-state index contributed by atoms with van der Waals surface area (Å²) in [4.78, 5) is 11.8. The average Bonchev–Trinajstić information content (AvgIpc) is 2.44. The Bertz CT molecular complexity index is 630. The minimum Gasteiger partial charge on any atom is -0.488 e. The number of aryl methyl sites for hydroxylation is 1. The second-order valence-corrected chi connectivity index (χ2v) is 8.12. The van der Waals surface area contributed by atoms with Crippen LogP contribution in [0, 0.1) is 6.92 Å². The van der Waals surface area contributed by atoms with Crippen molar-refractivity contribution < 1.29 is 13.4 Å². The normalized spacial score (nSPS) is 12.0. The van der Waals surface area contributed by atoms with Crippen molar-refractivity contribution in [1.82, 2.24) is 0 Å². The lowest BCUT2D eigenvalue weighted by atomic mass is 10.1. The fraction of sp³-hybridized carbons (Fsp3) is 0.235. The minimum atomic E-state index is -2.19. The number of halogens is 1. The third-order valence-corrected chi connectivity index (χ3v) is 4.67. The van der Waals surface area contributed by atoms with E-state index >= 15 is 0 Å². The van der Waals surface area contributed by atoms with Gasteiger partial charge in [0.1, 0.15) is 12.4 Å². The fourth-order valence-electron chi connectivity index (χ4n) is 2.00. The monoisotopic (exact) mass is 306 g/mol. The SMILES string of the molecule is Cc1cccc(OCc2ccc(S(C)(C)F)cc2)c1C=O. The maximum Gasteiger partial charge on any atom is 0.154 e. The molecule has 0 amide bonds. The van der Waals surface area contributed by atoms with Gasteiger partial charge < -0.3 is 4.74 Å². The molecule has 2 nitrogen and oxygen atoms in total. The van der Waals surface area contributed by atoms with Crippen molar-refractivity contribution in [3.63, 3.8) is 0 Å². The first-order valence-corrected chi connectivity index (χ1v) is 8.96. The van der Waals surface area contributed by atoms with Crippen molar-refractivity contribution in [1.29, 1.82) is 0 Å². The summed E-state index contributed by atoms with van der Waals surface area (Å²) in [7, 11) is -2.19. The van der Waals surface area contributed by atoms with Gasteiger partial charge in [-0.05, 0) is 48.8 Å². The number of carbonyl (C=O) groups excluding carboxylic acids is 1. The van der Waals surface area contributed by atoms with Crippen LogP contribution in [0.1, 0.15) is 21.5 Å². The van der Waals surface area contributed by atoms with Crippen molar-refractivity contribution in [2.24, 2.45) is 0 Å². The smallest absolute Gasteiger partial charge is 0.154 e. The summed E-state index contributed by atoms with van der Waals surface area (Å²) >= 11 is 0. The van der Waals surface area contributed by atoms with E-state index in [1.54, 1.807) is 30.7 Å². The Morgan fingerprint density at radius 3 is 2.38 bits per heavy atom. The zero-order valence-electron chi connectivity index (χ0n) is 12.4. The molecule has 0 saturated heterocycles. The molecule has 4 heteroatoms. The van der Waals surface area contributed by atoms with Crippen molar-refractivity contribution >= 4 is 16.7 Å². The molecule has 0 fully saturated rings. The van der Waals surface area contributed by atoms with Gasteiger partial charge in [-0.2, -0.15) is 3.89 Å². The first-order valence-electron chi connectivity index (χ1n) is 6.61. The fourth-order valence-corrected chi connectivity index (χ4v) is 2.78. The Kier molecular flexibility index (Phi) is 4.68. The molecule has 0 aromatic heterocycles. The van der Waals surface area contributed by atoms with E-state index in [0.717, 1.165) is 22.3 Å². The molecule has 2 aromatic carbocycles. The van der Waals surface area contributed by atoms with Crippen LogP contribution in [0.2, 0.25) is 0 Å². The van der Waals surface area contributed by atoms with E-state index in [4.69, 9.17) is 4.74 Å². The Morgan fingerprint density at radius 2 is 1.81 bits per heavy atom. The third-order valence-electron chi connectivity index (χ3n) is 3.28. The first kappa shape index (κ1) is 15.6. The van der Waals surface area contributed by atoms with E-state index in [1.165, 1.54) is 0 Å². The van der Waals surface area contributed by atoms with Crippen LogP contribution in [-0.4, -0.2) is 18.8 Å².